The number of hydrogen-bond donors (Lipinski definition) is 0. The summed E-state index contributed by atoms with van der Waals surface area (Å²) in [5.41, 5.74) is 7.42. The van der Waals surface area contributed by atoms with E-state index < -0.39 is 8.80 Å². The number of rotatable bonds is 3. The molecule has 1 aliphatic rings. The van der Waals surface area contributed by atoms with Crippen LogP contribution < -0.4 is 0 Å². The average molecular weight is 320 g/mol. The summed E-state index contributed by atoms with van der Waals surface area (Å²) in [4.78, 5) is 0. The second-order valence-electron chi connectivity index (χ2n) is 7.75. The zero-order valence-electron chi connectivity index (χ0n) is 14.6. The largest absolute Gasteiger partial charge is 0.341 e. The smallest absolute Gasteiger partial charge is 0.0535 e. The molecule has 0 spiro atoms. The molecule has 0 unspecified atom stereocenters. The van der Waals surface area contributed by atoms with Crippen LogP contribution in [0.3, 0.4) is 0 Å². The Labute approximate surface area is 140 Å². The van der Waals surface area contributed by atoms with Crippen molar-refractivity contribution in [2.45, 2.75) is 44.9 Å². The van der Waals surface area contributed by atoms with Gasteiger partial charge in [-0.3, -0.25) is 0 Å². The number of aryl methyl sites for hydroxylation is 1. The molecule has 2 heteroatoms. The van der Waals surface area contributed by atoms with E-state index in [-0.39, 0.29) is 5.41 Å². The maximum Gasteiger partial charge on any atom is 0.0535 e. The Balaban J connectivity index is 2.05. The normalized spacial score (nSPS) is 15.2. The van der Waals surface area contributed by atoms with Gasteiger partial charge >= 0.3 is 0 Å². The minimum Gasteiger partial charge on any atom is -0.341 e. The maximum absolute atomic E-state index is 2.60. The van der Waals surface area contributed by atoms with Gasteiger partial charge in [0.05, 0.1) is 5.69 Å². The van der Waals surface area contributed by atoms with Crippen LogP contribution in [0.5, 0.6) is 0 Å². The Morgan fingerprint density at radius 1 is 0.957 bits per heavy atom. The lowest BCUT2D eigenvalue weighted by atomic mass is 9.81. The molecule has 0 atom stereocenters. The van der Waals surface area contributed by atoms with Crippen LogP contribution in [0.2, 0.25) is 19.1 Å². The fourth-order valence-electron chi connectivity index (χ4n) is 4.20. The first-order valence-electron chi connectivity index (χ1n) is 8.73. The summed E-state index contributed by atoms with van der Waals surface area (Å²) in [5, 5.41) is 1.44. The molecule has 0 radical (unpaired) electrons. The third-order valence-corrected chi connectivity index (χ3v) is 6.79. The van der Waals surface area contributed by atoms with Crippen LogP contribution in [0.25, 0.3) is 22.2 Å². The second-order valence-corrected chi connectivity index (χ2v) is 11.1. The van der Waals surface area contributed by atoms with E-state index in [1.54, 1.807) is 0 Å². The van der Waals surface area contributed by atoms with E-state index in [9.17, 15) is 0 Å². The standard InChI is InChI=1S/C21H25NSi/c1-21(2)17-11-7-5-9-15(17)20-19(21)16-10-6-8-12-18(16)22(20)13-14-23(3)4/h5-12,23H,13-14H2,1-4H3. The van der Waals surface area contributed by atoms with Crippen LogP contribution in [0.15, 0.2) is 48.5 Å². The quantitative estimate of drug-likeness (QED) is 0.567. The predicted molar refractivity (Wildman–Crippen MR) is 103 cm³/mol. The van der Waals surface area contributed by atoms with E-state index in [0.29, 0.717) is 0 Å². The van der Waals surface area contributed by atoms with Gasteiger partial charge in [-0.2, -0.15) is 0 Å². The highest BCUT2D eigenvalue weighted by Gasteiger charge is 2.39. The van der Waals surface area contributed by atoms with Crippen molar-refractivity contribution in [2.24, 2.45) is 0 Å². The van der Waals surface area contributed by atoms with Crippen molar-refractivity contribution < 1.29 is 0 Å². The molecule has 0 fully saturated rings. The minimum absolute atomic E-state index is 0.0893. The van der Waals surface area contributed by atoms with Gasteiger partial charge in [0.1, 0.15) is 0 Å². The highest BCUT2D eigenvalue weighted by Crippen LogP contribution is 2.52. The van der Waals surface area contributed by atoms with E-state index in [1.165, 1.54) is 39.3 Å². The lowest BCUT2D eigenvalue weighted by Crippen LogP contribution is -2.14. The van der Waals surface area contributed by atoms with Crippen LogP contribution in [0.1, 0.15) is 25.0 Å². The van der Waals surface area contributed by atoms with Crippen LogP contribution in [0, 0.1) is 0 Å². The number of aromatic nitrogens is 1. The summed E-state index contributed by atoms with van der Waals surface area (Å²) < 4.78 is 2.60. The Kier molecular flexibility index (Phi) is 3.28. The van der Waals surface area contributed by atoms with Crippen LogP contribution >= 0.6 is 0 Å². The van der Waals surface area contributed by atoms with Gasteiger partial charge in [0.2, 0.25) is 0 Å². The first-order valence-corrected chi connectivity index (χ1v) is 11.9. The molecule has 0 amide bonds. The van der Waals surface area contributed by atoms with Crippen molar-refractivity contribution in [1.82, 2.24) is 4.57 Å². The number of nitrogens with zero attached hydrogens (tertiary/aromatic N) is 1. The van der Waals surface area contributed by atoms with Gasteiger partial charge < -0.3 is 4.57 Å². The molecule has 3 aromatic rings. The number of para-hydroxylation sites is 1. The molecule has 1 aromatic heterocycles. The van der Waals surface area contributed by atoms with Crippen LogP contribution in [-0.2, 0) is 12.0 Å². The molecular formula is C21H25NSi. The molecule has 118 valence electrons. The number of hydrogen-bond acceptors (Lipinski definition) is 0. The lowest BCUT2D eigenvalue weighted by Gasteiger charge is -2.21. The lowest BCUT2D eigenvalue weighted by molar-refractivity contribution is 0.665. The summed E-state index contributed by atoms with van der Waals surface area (Å²) in [6.07, 6.45) is 0. The average Bonchev–Trinajstić information content (AvgIpc) is 2.98. The van der Waals surface area contributed by atoms with Gasteiger partial charge in [0.25, 0.3) is 0 Å². The van der Waals surface area contributed by atoms with Crippen molar-refractivity contribution >= 4 is 19.7 Å². The first-order chi connectivity index (χ1) is 11.0. The molecule has 1 heterocycles. The van der Waals surface area contributed by atoms with E-state index in [1.807, 2.05) is 0 Å². The van der Waals surface area contributed by atoms with E-state index in [4.69, 9.17) is 0 Å². The molecule has 0 saturated carbocycles. The molecule has 1 aliphatic carbocycles. The number of fused-ring (bicyclic) bond motifs is 5. The highest BCUT2D eigenvalue weighted by molar-refractivity contribution is 6.55. The molecular weight excluding hydrogens is 294 g/mol. The summed E-state index contributed by atoms with van der Waals surface area (Å²) >= 11 is 0. The van der Waals surface area contributed by atoms with Crippen molar-refractivity contribution in [3.05, 3.63) is 59.7 Å². The van der Waals surface area contributed by atoms with Gasteiger partial charge in [-0.1, -0.05) is 69.4 Å². The summed E-state index contributed by atoms with van der Waals surface area (Å²) in [7, 11) is -0.563. The van der Waals surface area contributed by atoms with Gasteiger partial charge in [-0.05, 0) is 23.2 Å². The van der Waals surface area contributed by atoms with Gasteiger partial charge in [-0.15, -0.1) is 0 Å². The molecule has 2 aromatic carbocycles. The Morgan fingerprint density at radius 2 is 1.65 bits per heavy atom. The summed E-state index contributed by atoms with van der Waals surface area (Å²) in [6, 6.07) is 19.3. The number of benzene rings is 2. The summed E-state index contributed by atoms with van der Waals surface area (Å²) in [6.45, 7) is 10.8. The fourth-order valence-corrected chi connectivity index (χ4v) is 4.98. The molecule has 0 N–H and O–H groups in total. The zero-order chi connectivity index (χ0) is 16.2. The molecule has 23 heavy (non-hydrogen) atoms. The van der Waals surface area contributed by atoms with Crippen molar-refractivity contribution in [3.8, 4) is 11.3 Å². The molecule has 0 saturated heterocycles. The highest BCUT2D eigenvalue weighted by atomic mass is 28.3. The monoisotopic (exact) mass is 319 g/mol. The third-order valence-electron chi connectivity index (χ3n) is 5.38. The predicted octanol–water partition coefficient (Wildman–Crippen LogP) is 5.43. The van der Waals surface area contributed by atoms with Crippen LogP contribution in [-0.4, -0.2) is 13.4 Å². The van der Waals surface area contributed by atoms with Crippen molar-refractivity contribution in [1.29, 1.82) is 0 Å². The summed E-state index contributed by atoms with van der Waals surface area (Å²) in [5.74, 6) is 0. The third kappa shape index (κ3) is 2.04. The molecule has 0 aliphatic heterocycles. The Hall–Kier alpha value is -1.80. The van der Waals surface area contributed by atoms with Gasteiger partial charge in [0.15, 0.2) is 0 Å². The van der Waals surface area contributed by atoms with E-state index in [2.05, 4.69) is 80.0 Å². The van der Waals surface area contributed by atoms with Gasteiger partial charge in [0, 0.05) is 37.2 Å². The van der Waals surface area contributed by atoms with E-state index >= 15 is 0 Å². The minimum atomic E-state index is -0.563. The fraction of sp³-hybridized carbons (Fsp3) is 0.333. The van der Waals surface area contributed by atoms with Gasteiger partial charge in [-0.25, -0.2) is 0 Å². The molecule has 4 rings (SSSR count). The Morgan fingerprint density at radius 3 is 2.43 bits per heavy atom. The zero-order valence-corrected chi connectivity index (χ0v) is 15.7. The van der Waals surface area contributed by atoms with Crippen molar-refractivity contribution in [2.75, 3.05) is 0 Å². The topological polar surface area (TPSA) is 4.93 Å². The molecule has 0 bridgehead atoms. The van der Waals surface area contributed by atoms with E-state index in [0.717, 1.165) is 6.54 Å². The first kappa shape index (κ1) is 14.8. The van der Waals surface area contributed by atoms with Crippen molar-refractivity contribution in [3.63, 3.8) is 0 Å². The van der Waals surface area contributed by atoms with Crippen LogP contribution in [0.4, 0.5) is 0 Å². The second kappa shape index (κ2) is 5.10. The SMILES string of the molecule is C[SiH](C)CCn1c2c(c3ccccc31)C(C)(C)c1ccccc1-2. The Bertz CT molecular complexity index is 886. The maximum atomic E-state index is 2.60. The molecule has 1 nitrogen and oxygen atoms in total.